The summed E-state index contributed by atoms with van der Waals surface area (Å²) in [6, 6.07) is 6.04. The van der Waals surface area contributed by atoms with Crippen LogP contribution in [0.1, 0.15) is 48.0 Å². The topological polar surface area (TPSA) is 84.0 Å². The molecule has 2 amide bonds. The zero-order chi connectivity index (χ0) is 18.0. The van der Waals surface area contributed by atoms with E-state index in [4.69, 9.17) is 11.6 Å². The maximum atomic E-state index is 12.6. The van der Waals surface area contributed by atoms with E-state index in [-0.39, 0.29) is 17.7 Å². The Hall–Kier alpha value is -1.99. The molecule has 1 saturated carbocycles. The summed E-state index contributed by atoms with van der Waals surface area (Å²) >= 11 is 7.44. The predicted octanol–water partition coefficient (Wildman–Crippen LogP) is 3.46. The number of nitrogens with one attached hydrogen (secondary N) is 2. The molecular weight excluding hydrogens is 360 g/mol. The molecule has 1 unspecified atom stereocenters. The number of aromatic nitrogens is 2. The molecule has 0 saturated heterocycles. The van der Waals surface area contributed by atoms with Gasteiger partial charge in [-0.3, -0.25) is 14.9 Å². The Morgan fingerprint density at radius 1 is 1.24 bits per heavy atom. The second-order valence-corrected chi connectivity index (χ2v) is 7.80. The van der Waals surface area contributed by atoms with Crippen molar-refractivity contribution in [2.45, 2.75) is 38.6 Å². The second-order valence-electron chi connectivity index (χ2n) is 6.38. The molecule has 0 radical (unpaired) electrons. The van der Waals surface area contributed by atoms with Crippen molar-refractivity contribution in [3.05, 3.63) is 39.9 Å². The first-order valence-electron chi connectivity index (χ1n) is 8.15. The number of hydrogen-bond donors (Lipinski definition) is 2. The van der Waals surface area contributed by atoms with E-state index in [0.717, 1.165) is 17.8 Å². The standard InChI is InChI=1S/C17H19ClN4O2S/c1-9(2)13(19-14(23)11-5-3-4-6-12(11)18)15(24)20-17-22-21-16(25-17)10-7-8-10/h3-6,9-10,13H,7-8H2,1-2H3,(H,19,23)(H,20,22,24). The minimum atomic E-state index is -0.697. The van der Waals surface area contributed by atoms with Crippen LogP contribution >= 0.6 is 22.9 Å². The summed E-state index contributed by atoms with van der Waals surface area (Å²) < 4.78 is 0. The van der Waals surface area contributed by atoms with Gasteiger partial charge >= 0.3 is 0 Å². The largest absolute Gasteiger partial charge is 0.340 e. The van der Waals surface area contributed by atoms with E-state index in [1.807, 2.05) is 13.8 Å². The van der Waals surface area contributed by atoms with Gasteiger partial charge in [-0.2, -0.15) is 0 Å². The quantitative estimate of drug-likeness (QED) is 0.806. The van der Waals surface area contributed by atoms with E-state index < -0.39 is 6.04 Å². The van der Waals surface area contributed by atoms with Gasteiger partial charge in [0.25, 0.3) is 5.91 Å². The molecule has 0 bridgehead atoms. The number of nitrogens with zero attached hydrogens (tertiary/aromatic N) is 2. The van der Waals surface area contributed by atoms with Crippen LogP contribution in [0.5, 0.6) is 0 Å². The third-order valence-electron chi connectivity index (χ3n) is 3.95. The smallest absolute Gasteiger partial charge is 0.253 e. The van der Waals surface area contributed by atoms with Gasteiger partial charge in [-0.05, 0) is 30.9 Å². The normalized spacial score (nSPS) is 15.0. The third kappa shape index (κ3) is 4.35. The van der Waals surface area contributed by atoms with Crippen molar-refractivity contribution in [2.24, 2.45) is 5.92 Å². The fraction of sp³-hybridized carbons (Fsp3) is 0.412. The van der Waals surface area contributed by atoms with Gasteiger partial charge < -0.3 is 5.32 Å². The zero-order valence-corrected chi connectivity index (χ0v) is 15.5. The molecule has 2 N–H and O–H groups in total. The number of rotatable bonds is 6. The molecule has 0 aliphatic heterocycles. The summed E-state index contributed by atoms with van der Waals surface area (Å²) in [7, 11) is 0. The molecule has 1 atom stereocenters. The van der Waals surface area contributed by atoms with E-state index in [0.29, 0.717) is 21.6 Å². The predicted molar refractivity (Wildman–Crippen MR) is 98.1 cm³/mol. The van der Waals surface area contributed by atoms with Crippen LogP contribution in [0, 0.1) is 5.92 Å². The van der Waals surface area contributed by atoms with Gasteiger partial charge in [0.1, 0.15) is 11.0 Å². The summed E-state index contributed by atoms with van der Waals surface area (Å²) in [5.74, 6) is -0.296. The first-order chi connectivity index (χ1) is 12.0. The molecule has 132 valence electrons. The van der Waals surface area contributed by atoms with E-state index in [1.54, 1.807) is 24.3 Å². The van der Waals surface area contributed by atoms with Crippen LogP contribution in [0.15, 0.2) is 24.3 Å². The molecule has 3 rings (SSSR count). The number of hydrogen-bond acceptors (Lipinski definition) is 5. The minimum Gasteiger partial charge on any atom is -0.340 e. The van der Waals surface area contributed by atoms with Crippen molar-refractivity contribution in [1.29, 1.82) is 0 Å². The van der Waals surface area contributed by atoms with Crippen LogP contribution in [-0.4, -0.2) is 28.1 Å². The van der Waals surface area contributed by atoms with Gasteiger partial charge in [-0.15, -0.1) is 10.2 Å². The van der Waals surface area contributed by atoms with Gasteiger partial charge in [0.15, 0.2) is 0 Å². The molecule has 8 heteroatoms. The molecule has 1 aliphatic carbocycles. The molecule has 6 nitrogen and oxygen atoms in total. The Morgan fingerprint density at radius 2 is 1.96 bits per heavy atom. The van der Waals surface area contributed by atoms with Crippen LogP contribution < -0.4 is 10.6 Å². The highest BCUT2D eigenvalue weighted by molar-refractivity contribution is 7.15. The van der Waals surface area contributed by atoms with Crippen molar-refractivity contribution < 1.29 is 9.59 Å². The average Bonchev–Trinajstić information content (AvgIpc) is 3.32. The van der Waals surface area contributed by atoms with Crippen molar-refractivity contribution in [2.75, 3.05) is 5.32 Å². The maximum Gasteiger partial charge on any atom is 0.253 e. The van der Waals surface area contributed by atoms with Crippen molar-refractivity contribution in [1.82, 2.24) is 15.5 Å². The third-order valence-corrected chi connectivity index (χ3v) is 5.28. The zero-order valence-electron chi connectivity index (χ0n) is 14.0. The van der Waals surface area contributed by atoms with E-state index >= 15 is 0 Å². The Bertz CT molecular complexity index is 788. The molecule has 1 fully saturated rings. The molecule has 25 heavy (non-hydrogen) atoms. The first kappa shape index (κ1) is 17.8. The van der Waals surface area contributed by atoms with Gasteiger partial charge in [-0.25, -0.2) is 0 Å². The molecule has 1 aromatic heterocycles. The van der Waals surface area contributed by atoms with Gasteiger partial charge in [0.05, 0.1) is 10.6 Å². The molecule has 0 spiro atoms. The molecule has 1 aromatic carbocycles. The van der Waals surface area contributed by atoms with Gasteiger partial charge in [-0.1, -0.05) is 48.9 Å². The Kier molecular flexibility index (Phi) is 5.34. The van der Waals surface area contributed by atoms with Gasteiger partial charge in [0, 0.05) is 5.92 Å². The number of benzene rings is 1. The highest BCUT2D eigenvalue weighted by atomic mass is 35.5. The summed E-state index contributed by atoms with van der Waals surface area (Å²) in [6.07, 6.45) is 2.26. The van der Waals surface area contributed by atoms with E-state index in [1.165, 1.54) is 11.3 Å². The van der Waals surface area contributed by atoms with Crippen molar-refractivity contribution in [3.8, 4) is 0 Å². The van der Waals surface area contributed by atoms with Crippen LogP contribution in [0.4, 0.5) is 5.13 Å². The summed E-state index contributed by atoms with van der Waals surface area (Å²) in [4.78, 5) is 25.0. The van der Waals surface area contributed by atoms with Crippen LogP contribution in [0.2, 0.25) is 5.02 Å². The Morgan fingerprint density at radius 3 is 2.60 bits per heavy atom. The number of carbonyl (C=O) groups excluding carboxylic acids is 2. The lowest BCUT2D eigenvalue weighted by atomic mass is 10.0. The van der Waals surface area contributed by atoms with E-state index in [2.05, 4.69) is 20.8 Å². The molecule has 1 heterocycles. The van der Waals surface area contributed by atoms with Crippen molar-refractivity contribution >= 4 is 39.9 Å². The minimum absolute atomic E-state index is 0.0951. The van der Waals surface area contributed by atoms with Crippen LogP contribution in [-0.2, 0) is 4.79 Å². The SMILES string of the molecule is CC(C)C(NC(=O)c1ccccc1Cl)C(=O)Nc1nnc(C2CC2)s1. The molecule has 1 aliphatic rings. The van der Waals surface area contributed by atoms with Crippen LogP contribution in [0.3, 0.4) is 0 Å². The fourth-order valence-corrected chi connectivity index (χ4v) is 3.50. The monoisotopic (exact) mass is 378 g/mol. The first-order valence-corrected chi connectivity index (χ1v) is 9.35. The number of carbonyl (C=O) groups is 2. The number of anilines is 1. The highest BCUT2D eigenvalue weighted by Crippen LogP contribution is 2.42. The molecule has 2 aromatic rings. The summed E-state index contributed by atoms with van der Waals surface area (Å²) in [6.45, 7) is 3.74. The molecular formula is C17H19ClN4O2S. The Balaban J connectivity index is 1.68. The summed E-state index contributed by atoms with van der Waals surface area (Å²) in [5.41, 5.74) is 0.342. The lowest BCUT2D eigenvalue weighted by Gasteiger charge is -2.21. The lowest BCUT2D eigenvalue weighted by Crippen LogP contribution is -2.47. The highest BCUT2D eigenvalue weighted by Gasteiger charge is 2.29. The average molecular weight is 379 g/mol. The Labute approximate surface area is 155 Å². The van der Waals surface area contributed by atoms with Crippen LogP contribution in [0.25, 0.3) is 0 Å². The van der Waals surface area contributed by atoms with E-state index in [9.17, 15) is 9.59 Å². The number of halogens is 1. The maximum absolute atomic E-state index is 12.6. The fourth-order valence-electron chi connectivity index (χ4n) is 2.36. The summed E-state index contributed by atoms with van der Waals surface area (Å²) in [5, 5.41) is 15.4. The van der Waals surface area contributed by atoms with Gasteiger partial charge in [0.2, 0.25) is 11.0 Å². The second kappa shape index (κ2) is 7.49. The lowest BCUT2D eigenvalue weighted by molar-refractivity contribution is -0.118. The van der Waals surface area contributed by atoms with Crippen molar-refractivity contribution in [3.63, 3.8) is 0 Å². The number of amides is 2.